The van der Waals surface area contributed by atoms with Crippen LogP contribution in [-0.4, -0.2) is 53.5 Å². The molecule has 19 heavy (non-hydrogen) atoms. The third-order valence-electron chi connectivity index (χ3n) is 3.83. The highest BCUT2D eigenvalue weighted by atomic mass is 16.3. The Kier molecular flexibility index (Phi) is 3.95. The smallest absolute Gasteiger partial charge is 0.257 e. The lowest BCUT2D eigenvalue weighted by Crippen LogP contribution is -2.52. The molecular formula is C14H21N3O2. The van der Waals surface area contributed by atoms with Gasteiger partial charge in [0.05, 0.1) is 11.3 Å². The van der Waals surface area contributed by atoms with Crippen LogP contribution in [0.1, 0.15) is 23.7 Å². The molecule has 1 aromatic carbocycles. The Balaban J connectivity index is 2.18. The summed E-state index contributed by atoms with van der Waals surface area (Å²) in [7, 11) is 2.08. The molecule has 0 aliphatic carbocycles. The van der Waals surface area contributed by atoms with E-state index in [-0.39, 0.29) is 17.3 Å². The Bertz CT molecular complexity index is 476. The van der Waals surface area contributed by atoms with Crippen molar-refractivity contribution in [2.45, 2.75) is 19.4 Å². The average Bonchev–Trinajstić information content (AvgIpc) is 2.41. The van der Waals surface area contributed by atoms with E-state index in [1.807, 2.05) is 0 Å². The van der Waals surface area contributed by atoms with Crippen LogP contribution in [0.4, 0.5) is 5.69 Å². The molecule has 2 rings (SSSR count). The molecule has 104 valence electrons. The molecule has 1 heterocycles. The molecule has 0 spiro atoms. The van der Waals surface area contributed by atoms with Crippen LogP contribution in [0.5, 0.6) is 5.75 Å². The zero-order valence-electron chi connectivity index (χ0n) is 11.5. The highest BCUT2D eigenvalue weighted by Crippen LogP contribution is 2.26. The van der Waals surface area contributed by atoms with E-state index in [0.29, 0.717) is 24.7 Å². The van der Waals surface area contributed by atoms with E-state index in [9.17, 15) is 9.90 Å². The quantitative estimate of drug-likeness (QED) is 0.620. The maximum atomic E-state index is 12.4. The second-order valence-corrected chi connectivity index (χ2v) is 5.04. The van der Waals surface area contributed by atoms with Gasteiger partial charge in [-0.05, 0) is 25.6 Å². The Morgan fingerprint density at radius 2 is 2.21 bits per heavy atom. The highest BCUT2D eigenvalue weighted by molar-refractivity contribution is 5.98. The van der Waals surface area contributed by atoms with Gasteiger partial charge in [-0.25, -0.2) is 0 Å². The number of rotatable bonds is 2. The van der Waals surface area contributed by atoms with Crippen LogP contribution >= 0.6 is 0 Å². The van der Waals surface area contributed by atoms with Gasteiger partial charge in [-0.2, -0.15) is 0 Å². The van der Waals surface area contributed by atoms with Crippen LogP contribution in [0.2, 0.25) is 0 Å². The first-order valence-electron chi connectivity index (χ1n) is 6.61. The van der Waals surface area contributed by atoms with E-state index in [4.69, 9.17) is 5.73 Å². The summed E-state index contributed by atoms with van der Waals surface area (Å²) in [5.74, 6) is -0.254. The second-order valence-electron chi connectivity index (χ2n) is 5.04. The lowest BCUT2D eigenvalue weighted by Gasteiger charge is -2.39. The van der Waals surface area contributed by atoms with E-state index in [1.54, 1.807) is 23.1 Å². The van der Waals surface area contributed by atoms with Crippen LogP contribution in [0.25, 0.3) is 0 Å². The number of para-hydroxylation sites is 1. The number of hydrogen-bond donors (Lipinski definition) is 2. The van der Waals surface area contributed by atoms with Gasteiger partial charge in [-0.15, -0.1) is 0 Å². The number of nitrogens with zero attached hydrogens (tertiary/aromatic N) is 2. The van der Waals surface area contributed by atoms with Crippen LogP contribution in [0, 0.1) is 0 Å². The molecule has 0 aromatic heterocycles. The second kappa shape index (κ2) is 5.48. The van der Waals surface area contributed by atoms with Crippen molar-refractivity contribution < 1.29 is 9.90 Å². The van der Waals surface area contributed by atoms with Gasteiger partial charge in [0, 0.05) is 25.7 Å². The molecule has 0 bridgehead atoms. The number of aromatic hydroxyl groups is 1. The monoisotopic (exact) mass is 263 g/mol. The Morgan fingerprint density at radius 3 is 2.89 bits per heavy atom. The molecule has 1 aliphatic heterocycles. The summed E-state index contributed by atoms with van der Waals surface area (Å²) >= 11 is 0. The maximum Gasteiger partial charge on any atom is 0.257 e. The van der Waals surface area contributed by atoms with Gasteiger partial charge in [0.2, 0.25) is 0 Å². The Morgan fingerprint density at radius 1 is 1.47 bits per heavy atom. The fraction of sp³-hybridized carbons (Fsp3) is 0.500. The zero-order chi connectivity index (χ0) is 14.0. The van der Waals surface area contributed by atoms with Gasteiger partial charge < -0.3 is 15.7 Å². The first-order valence-corrected chi connectivity index (χ1v) is 6.61. The van der Waals surface area contributed by atoms with Crippen molar-refractivity contribution in [1.82, 2.24) is 9.80 Å². The number of carbonyl (C=O) groups excluding carboxylic acids is 1. The fourth-order valence-corrected chi connectivity index (χ4v) is 2.48. The molecule has 3 N–H and O–H groups in total. The van der Waals surface area contributed by atoms with E-state index < -0.39 is 0 Å². The van der Waals surface area contributed by atoms with Crippen LogP contribution < -0.4 is 5.73 Å². The number of amides is 1. The summed E-state index contributed by atoms with van der Waals surface area (Å²) in [4.78, 5) is 16.5. The van der Waals surface area contributed by atoms with Crippen LogP contribution in [0.15, 0.2) is 18.2 Å². The number of likely N-dealkylation sites (N-methyl/N-ethyl adjacent to an activating group) is 1. The first-order chi connectivity index (χ1) is 9.04. The molecule has 1 saturated heterocycles. The van der Waals surface area contributed by atoms with E-state index in [1.165, 1.54) is 0 Å². The Labute approximate surface area is 113 Å². The minimum atomic E-state index is -0.142. The number of hydrogen-bond acceptors (Lipinski definition) is 4. The molecule has 1 unspecified atom stereocenters. The number of piperazine rings is 1. The van der Waals surface area contributed by atoms with Crippen molar-refractivity contribution >= 4 is 11.6 Å². The number of phenolic OH excluding ortho intramolecular Hbond substituents is 1. The average molecular weight is 263 g/mol. The molecular weight excluding hydrogens is 242 g/mol. The third kappa shape index (κ3) is 2.66. The predicted octanol–water partition coefficient (Wildman–Crippen LogP) is 1.14. The highest BCUT2D eigenvalue weighted by Gasteiger charge is 2.28. The fourth-order valence-electron chi connectivity index (χ4n) is 2.48. The molecule has 5 nitrogen and oxygen atoms in total. The predicted molar refractivity (Wildman–Crippen MR) is 75.1 cm³/mol. The molecule has 0 radical (unpaired) electrons. The number of nitrogen functional groups attached to an aromatic ring is 1. The lowest BCUT2D eigenvalue weighted by atomic mass is 10.1. The lowest BCUT2D eigenvalue weighted by molar-refractivity contribution is 0.0539. The number of benzene rings is 1. The van der Waals surface area contributed by atoms with Crippen molar-refractivity contribution in [2.24, 2.45) is 0 Å². The molecule has 1 amide bonds. The standard InChI is InChI=1S/C14H21N3O2/c1-3-10-9-17(8-7-16(10)2)14(19)11-5-4-6-12(15)13(11)18/h4-6,10,18H,3,7-9,15H2,1-2H3. The van der Waals surface area contributed by atoms with Gasteiger partial charge in [0.25, 0.3) is 5.91 Å². The van der Waals surface area contributed by atoms with Gasteiger partial charge in [0.1, 0.15) is 0 Å². The number of nitrogens with two attached hydrogens (primary N) is 1. The van der Waals surface area contributed by atoms with Crippen LogP contribution in [0.3, 0.4) is 0 Å². The van der Waals surface area contributed by atoms with Crippen molar-refractivity contribution in [1.29, 1.82) is 0 Å². The van der Waals surface area contributed by atoms with Crippen molar-refractivity contribution in [2.75, 3.05) is 32.4 Å². The van der Waals surface area contributed by atoms with Crippen molar-refractivity contribution in [3.8, 4) is 5.75 Å². The van der Waals surface area contributed by atoms with Gasteiger partial charge in [-0.3, -0.25) is 9.69 Å². The molecule has 1 fully saturated rings. The Hall–Kier alpha value is -1.75. The molecule has 5 heteroatoms. The van der Waals surface area contributed by atoms with E-state index in [0.717, 1.165) is 13.0 Å². The molecule has 0 saturated carbocycles. The maximum absolute atomic E-state index is 12.4. The number of carbonyl (C=O) groups is 1. The minimum Gasteiger partial charge on any atom is -0.505 e. The number of anilines is 1. The first kappa shape index (κ1) is 13.7. The topological polar surface area (TPSA) is 69.8 Å². The summed E-state index contributed by atoms with van der Waals surface area (Å²) in [5, 5.41) is 9.89. The third-order valence-corrected chi connectivity index (χ3v) is 3.83. The van der Waals surface area contributed by atoms with Crippen LogP contribution in [-0.2, 0) is 0 Å². The molecule has 1 atom stereocenters. The van der Waals surface area contributed by atoms with Crippen molar-refractivity contribution in [3.63, 3.8) is 0 Å². The zero-order valence-corrected chi connectivity index (χ0v) is 11.5. The van der Waals surface area contributed by atoms with Gasteiger partial charge in [0.15, 0.2) is 5.75 Å². The summed E-state index contributed by atoms with van der Waals surface area (Å²) < 4.78 is 0. The molecule has 1 aliphatic rings. The van der Waals surface area contributed by atoms with Gasteiger partial charge >= 0.3 is 0 Å². The summed E-state index contributed by atoms with van der Waals surface area (Å²) in [5.41, 5.74) is 6.17. The normalized spacial score (nSPS) is 20.5. The minimum absolute atomic E-state index is 0.112. The number of phenols is 1. The van der Waals surface area contributed by atoms with E-state index in [2.05, 4.69) is 18.9 Å². The van der Waals surface area contributed by atoms with Crippen molar-refractivity contribution in [3.05, 3.63) is 23.8 Å². The van der Waals surface area contributed by atoms with Gasteiger partial charge in [-0.1, -0.05) is 13.0 Å². The summed E-state index contributed by atoms with van der Waals surface area (Å²) in [6, 6.07) is 5.27. The summed E-state index contributed by atoms with van der Waals surface area (Å²) in [6.45, 7) is 4.35. The molecule has 1 aromatic rings. The largest absolute Gasteiger partial charge is 0.505 e. The SMILES string of the molecule is CCC1CN(C(=O)c2cccc(N)c2O)CCN1C. The van der Waals surface area contributed by atoms with E-state index >= 15 is 0 Å². The summed E-state index contributed by atoms with van der Waals surface area (Å²) in [6.07, 6.45) is 1.00.